The molecule has 0 saturated carbocycles. The Morgan fingerprint density at radius 3 is 2.50 bits per heavy atom. The highest BCUT2D eigenvalue weighted by Gasteiger charge is 2.33. The minimum absolute atomic E-state index is 0.0273. The number of nitrogens with zero attached hydrogens (tertiary/aromatic N) is 2. The number of ether oxygens (including phenoxy) is 1. The van der Waals surface area contributed by atoms with Gasteiger partial charge >= 0.3 is 0 Å². The first-order chi connectivity index (χ1) is 11.4. The third-order valence-corrected chi connectivity index (χ3v) is 6.33. The number of sulfonamides is 1. The van der Waals surface area contributed by atoms with Crippen LogP contribution in [-0.2, 0) is 19.6 Å². The Hall–Kier alpha value is -1.45. The van der Waals surface area contributed by atoms with Crippen molar-refractivity contribution in [2.24, 2.45) is 0 Å². The van der Waals surface area contributed by atoms with Crippen LogP contribution in [0.5, 0.6) is 0 Å². The Balaban J connectivity index is 1.58. The molecule has 0 bridgehead atoms. The summed E-state index contributed by atoms with van der Waals surface area (Å²) in [6.07, 6.45) is 2.55. The lowest BCUT2D eigenvalue weighted by Crippen LogP contribution is -2.49. The van der Waals surface area contributed by atoms with Gasteiger partial charge < -0.3 is 14.2 Å². The quantitative estimate of drug-likeness (QED) is 0.853. The molecule has 2 aliphatic rings. The third-order valence-electron chi connectivity index (χ3n) is 4.57. The number of nitrogens with one attached hydrogen (secondary N) is 1. The van der Waals surface area contributed by atoms with Crippen LogP contribution in [0.25, 0.3) is 0 Å². The number of piperidine rings is 1. The Labute approximate surface area is 141 Å². The summed E-state index contributed by atoms with van der Waals surface area (Å²) < 4.78 is 38.1. The minimum atomic E-state index is -3.67. The van der Waals surface area contributed by atoms with Gasteiger partial charge in [0.25, 0.3) is 5.91 Å². The molecule has 24 heavy (non-hydrogen) atoms. The maximum Gasteiger partial charge on any atom is 0.251 e. The third kappa shape index (κ3) is 3.47. The van der Waals surface area contributed by atoms with Crippen LogP contribution in [0.1, 0.15) is 37.1 Å². The van der Waals surface area contributed by atoms with Crippen LogP contribution in [0.3, 0.4) is 0 Å². The van der Waals surface area contributed by atoms with E-state index in [9.17, 15) is 13.2 Å². The summed E-state index contributed by atoms with van der Waals surface area (Å²) in [6, 6.07) is -0.197. The number of aryl methyl sites for hydroxylation is 2. The van der Waals surface area contributed by atoms with Gasteiger partial charge in [0.1, 0.15) is 16.7 Å². The molecule has 2 saturated heterocycles. The molecule has 2 fully saturated rings. The topological polar surface area (TPSA) is 102 Å². The van der Waals surface area contributed by atoms with Gasteiger partial charge in [-0.1, -0.05) is 5.16 Å². The predicted molar refractivity (Wildman–Crippen MR) is 84.9 cm³/mol. The summed E-state index contributed by atoms with van der Waals surface area (Å²) in [4.78, 5) is 14.2. The van der Waals surface area contributed by atoms with E-state index in [0.29, 0.717) is 38.2 Å². The van der Waals surface area contributed by atoms with Gasteiger partial charge in [-0.25, -0.2) is 13.1 Å². The van der Waals surface area contributed by atoms with Crippen molar-refractivity contribution in [3.05, 3.63) is 11.5 Å². The molecule has 0 aliphatic carbocycles. The lowest BCUT2D eigenvalue weighted by molar-refractivity contribution is -0.142. The molecule has 3 rings (SSSR count). The van der Waals surface area contributed by atoms with E-state index >= 15 is 0 Å². The monoisotopic (exact) mass is 357 g/mol. The van der Waals surface area contributed by atoms with Gasteiger partial charge in [0.2, 0.25) is 10.0 Å². The SMILES string of the molecule is Cc1noc(C)c1S(=O)(=O)NC1CCN(C(=O)C2CCCO2)CC1. The molecule has 1 aromatic heterocycles. The predicted octanol–water partition coefficient (Wildman–Crippen LogP) is 0.740. The Kier molecular flexibility index (Phi) is 4.93. The van der Waals surface area contributed by atoms with Gasteiger partial charge in [-0.15, -0.1) is 0 Å². The smallest absolute Gasteiger partial charge is 0.251 e. The molecule has 1 amide bonds. The molecule has 0 aromatic carbocycles. The van der Waals surface area contributed by atoms with Gasteiger partial charge in [0.15, 0.2) is 5.76 Å². The van der Waals surface area contributed by atoms with Gasteiger partial charge in [-0.2, -0.15) is 0 Å². The standard InChI is InChI=1S/C15H23N3O5S/c1-10-14(11(2)23-16-10)24(20,21)17-12-5-7-18(8-6-12)15(19)13-4-3-9-22-13/h12-13,17H,3-9H2,1-2H3. The molecule has 1 aromatic rings. The molecule has 1 atom stereocenters. The lowest BCUT2D eigenvalue weighted by Gasteiger charge is -2.33. The van der Waals surface area contributed by atoms with E-state index in [4.69, 9.17) is 9.26 Å². The van der Waals surface area contributed by atoms with Gasteiger partial charge in [0.05, 0.1) is 0 Å². The second kappa shape index (κ2) is 6.81. The number of likely N-dealkylation sites (tertiary alicyclic amines) is 1. The van der Waals surface area contributed by atoms with Crippen LogP contribution in [-0.4, -0.2) is 56.2 Å². The van der Waals surface area contributed by atoms with Crippen molar-refractivity contribution in [1.29, 1.82) is 0 Å². The first-order valence-corrected chi connectivity index (χ1v) is 9.72. The number of aromatic nitrogens is 1. The second-order valence-electron chi connectivity index (χ2n) is 6.38. The number of hydrogen-bond donors (Lipinski definition) is 1. The normalized spacial score (nSPS) is 22.9. The summed E-state index contributed by atoms with van der Waals surface area (Å²) in [5, 5.41) is 3.69. The van der Waals surface area contributed by atoms with Crippen LogP contribution in [0.4, 0.5) is 0 Å². The van der Waals surface area contributed by atoms with Crippen molar-refractivity contribution in [3.63, 3.8) is 0 Å². The highest BCUT2D eigenvalue weighted by Crippen LogP contribution is 2.22. The highest BCUT2D eigenvalue weighted by atomic mass is 32.2. The van der Waals surface area contributed by atoms with E-state index in [2.05, 4.69) is 9.88 Å². The van der Waals surface area contributed by atoms with Crippen molar-refractivity contribution >= 4 is 15.9 Å². The zero-order valence-electron chi connectivity index (χ0n) is 13.9. The maximum atomic E-state index is 12.5. The summed E-state index contributed by atoms with van der Waals surface area (Å²) in [6.45, 7) is 4.90. The molecule has 0 radical (unpaired) electrons. The molecule has 9 heteroatoms. The Bertz CT molecular complexity index is 681. The largest absolute Gasteiger partial charge is 0.368 e. The number of carbonyl (C=O) groups excluding carboxylic acids is 1. The van der Waals surface area contributed by atoms with Crippen molar-refractivity contribution in [2.75, 3.05) is 19.7 Å². The number of hydrogen-bond acceptors (Lipinski definition) is 6. The molecule has 3 heterocycles. The number of amides is 1. The van der Waals surface area contributed by atoms with Crippen molar-refractivity contribution < 1.29 is 22.5 Å². The summed E-state index contributed by atoms with van der Waals surface area (Å²) >= 11 is 0. The zero-order valence-corrected chi connectivity index (χ0v) is 14.8. The van der Waals surface area contributed by atoms with E-state index in [1.807, 2.05) is 0 Å². The second-order valence-corrected chi connectivity index (χ2v) is 8.03. The molecule has 1 N–H and O–H groups in total. The fraction of sp³-hybridized carbons (Fsp3) is 0.733. The minimum Gasteiger partial charge on any atom is -0.368 e. The molecule has 8 nitrogen and oxygen atoms in total. The molecule has 0 spiro atoms. The zero-order chi connectivity index (χ0) is 17.3. The summed E-state index contributed by atoms with van der Waals surface area (Å²) in [5.74, 6) is 0.311. The lowest BCUT2D eigenvalue weighted by atomic mass is 10.1. The van der Waals surface area contributed by atoms with Crippen molar-refractivity contribution in [2.45, 2.75) is 56.6 Å². The molecular weight excluding hydrogens is 334 g/mol. The van der Waals surface area contributed by atoms with E-state index in [1.165, 1.54) is 0 Å². The summed E-state index contributed by atoms with van der Waals surface area (Å²) in [5.41, 5.74) is 0.353. The molecular formula is C15H23N3O5S. The van der Waals surface area contributed by atoms with E-state index in [0.717, 1.165) is 12.8 Å². The van der Waals surface area contributed by atoms with E-state index in [-0.39, 0.29) is 28.7 Å². The fourth-order valence-corrected chi connectivity index (χ4v) is 4.96. The molecule has 134 valence electrons. The first-order valence-electron chi connectivity index (χ1n) is 8.24. The van der Waals surface area contributed by atoms with Crippen molar-refractivity contribution in [3.8, 4) is 0 Å². The highest BCUT2D eigenvalue weighted by molar-refractivity contribution is 7.89. The van der Waals surface area contributed by atoms with Crippen LogP contribution in [0.2, 0.25) is 0 Å². The number of carbonyl (C=O) groups is 1. The Morgan fingerprint density at radius 1 is 1.25 bits per heavy atom. The Morgan fingerprint density at radius 2 is 1.96 bits per heavy atom. The van der Waals surface area contributed by atoms with E-state index < -0.39 is 10.0 Å². The van der Waals surface area contributed by atoms with Crippen LogP contribution >= 0.6 is 0 Å². The maximum absolute atomic E-state index is 12.5. The van der Waals surface area contributed by atoms with Crippen LogP contribution in [0, 0.1) is 13.8 Å². The average Bonchev–Trinajstić information content (AvgIpc) is 3.17. The molecule has 2 aliphatic heterocycles. The molecule has 1 unspecified atom stereocenters. The van der Waals surface area contributed by atoms with Gasteiger partial charge in [0, 0.05) is 25.7 Å². The van der Waals surface area contributed by atoms with E-state index in [1.54, 1.807) is 18.7 Å². The number of rotatable bonds is 4. The van der Waals surface area contributed by atoms with Gasteiger partial charge in [-0.05, 0) is 39.5 Å². The van der Waals surface area contributed by atoms with Crippen LogP contribution in [0.15, 0.2) is 9.42 Å². The van der Waals surface area contributed by atoms with Gasteiger partial charge in [-0.3, -0.25) is 4.79 Å². The van der Waals surface area contributed by atoms with Crippen molar-refractivity contribution in [1.82, 2.24) is 14.8 Å². The summed E-state index contributed by atoms with van der Waals surface area (Å²) in [7, 11) is -3.67. The van der Waals surface area contributed by atoms with Crippen LogP contribution < -0.4 is 4.72 Å². The average molecular weight is 357 g/mol. The fourth-order valence-electron chi connectivity index (χ4n) is 3.33. The first kappa shape index (κ1) is 17.4.